The number of aliphatic carboxylic acids is 1. The second-order valence-corrected chi connectivity index (χ2v) is 6.38. The summed E-state index contributed by atoms with van der Waals surface area (Å²) < 4.78 is 0. The first-order chi connectivity index (χ1) is 7.63. The third-order valence-electron chi connectivity index (χ3n) is 5.49. The van der Waals surface area contributed by atoms with Crippen molar-refractivity contribution < 1.29 is 9.90 Å². The molecule has 0 heterocycles. The van der Waals surface area contributed by atoms with Crippen molar-refractivity contribution in [1.29, 1.82) is 0 Å². The molecule has 4 rings (SSSR count). The number of carboxylic acids is 1. The highest BCUT2D eigenvalue weighted by molar-refractivity contribution is 5.67. The fraction of sp³-hybridized carbons (Fsp3) is 0.923. The molecule has 0 aromatic carbocycles. The Balaban J connectivity index is 1.89. The first-order valence-electron chi connectivity index (χ1n) is 6.55. The van der Waals surface area contributed by atoms with Gasteiger partial charge in [0.1, 0.15) is 0 Å². The van der Waals surface area contributed by atoms with Crippen LogP contribution in [0.1, 0.15) is 38.5 Å². The van der Waals surface area contributed by atoms with Gasteiger partial charge in [-0.3, -0.25) is 4.79 Å². The molecule has 0 aliphatic heterocycles. The Labute approximate surface area is 96.4 Å². The molecular weight excluding hydrogens is 202 g/mol. The highest BCUT2D eigenvalue weighted by atomic mass is 16.4. The maximum atomic E-state index is 11.0. The maximum absolute atomic E-state index is 11.0. The van der Waals surface area contributed by atoms with Crippen LogP contribution in [0.3, 0.4) is 0 Å². The molecular formula is C13H21NO2. The highest BCUT2D eigenvalue weighted by Crippen LogP contribution is 2.63. The van der Waals surface area contributed by atoms with E-state index in [-0.39, 0.29) is 5.41 Å². The summed E-state index contributed by atoms with van der Waals surface area (Å²) in [4.78, 5) is 11.0. The SMILES string of the molecule is NCC12CC3CC(CC(C3)C1CC(=O)O)C2. The van der Waals surface area contributed by atoms with Crippen molar-refractivity contribution in [2.24, 2.45) is 34.8 Å². The second kappa shape index (κ2) is 3.46. The van der Waals surface area contributed by atoms with Gasteiger partial charge >= 0.3 is 5.97 Å². The molecule has 4 aliphatic carbocycles. The van der Waals surface area contributed by atoms with E-state index >= 15 is 0 Å². The minimum Gasteiger partial charge on any atom is -0.481 e. The lowest BCUT2D eigenvalue weighted by atomic mass is 9.44. The van der Waals surface area contributed by atoms with Gasteiger partial charge in [0.15, 0.2) is 0 Å². The zero-order chi connectivity index (χ0) is 11.3. The second-order valence-electron chi connectivity index (χ2n) is 6.38. The van der Waals surface area contributed by atoms with E-state index in [0.29, 0.717) is 24.8 Å². The Kier molecular flexibility index (Phi) is 2.29. The van der Waals surface area contributed by atoms with Gasteiger partial charge in [-0.25, -0.2) is 0 Å². The van der Waals surface area contributed by atoms with Gasteiger partial charge in [0.05, 0.1) is 0 Å². The van der Waals surface area contributed by atoms with Crippen molar-refractivity contribution >= 4 is 5.97 Å². The van der Waals surface area contributed by atoms with E-state index in [2.05, 4.69) is 0 Å². The van der Waals surface area contributed by atoms with Gasteiger partial charge in [-0.1, -0.05) is 0 Å². The Bertz CT molecular complexity index is 301. The monoisotopic (exact) mass is 223 g/mol. The van der Waals surface area contributed by atoms with Crippen LogP contribution in [0.4, 0.5) is 0 Å². The van der Waals surface area contributed by atoms with Gasteiger partial charge in [-0.2, -0.15) is 0 Å². The summed E-state index contributed by atoms with van der Waals surface area (Å²) in [6.07, 6.45) is 6.69. The molecule has 4 fully saturated rings. The van der Waals surface area contributed by atoms with Crippen molar-refractivity contribution in [1.82, 2.24) is 0 Å². The minimum absolute atomic E-state index is 0.188. The number of carboxylic acid groups (broad SMARTS) is 1. The van der Waals surface area contributed by atoms with Crippen molar-refractivity contribution in [3.8, 4) is 0 Å². The summed E-state index contributed by atoms with van der Waals surface area (Å²) in [6, 6.07) is 0. The molecule has 0 radical (unpaired) electrons. The molecule has 3 atom stereocenters. The first kappa shape index (κ1) is 10.6. The average Bonchev–Trinajstić information content (AvgIpc) is 2.22. The van der Waals surface area contributed by atoms with Crippen LogP contribution in [-0.2, 0) is 4.79 Å². The molecule has 0 aromatic heterocycles. The van der Waals surface area contributed by atoms with E-state index in [9.17, 15) is 4.79 Å². The van der Waals surface area contributed by atoms with Gasteiger partial charge < -0.3 is 10.8 Å². The molecule has 3 N–H and O–H groups in total. The number of hydrogen-bond donors (Lipinski definition) is 2. The van der Waals surface area contributed by atoms with Crippen LogP contribution in [0.2, 0.25) is 0 Å². The highest BCUT2D eigenvalue weighted by Gasteiger charge is 2.56. The standard InChI is InChI=1S/C13H21NO2/c14-7-13-5-8-1-9(6-13)3-10(2-8)11(13)4-12(15)16/h8-11H,1-7,14H2,(H,15,16). The third kappa shape index (κ3) is 1.41. The Hall–Kier alpha value is -0.570. The van der Waals surface area contributed by atoms with E-state index < -0.39 is 5.97 Å². The summed E-state index contributed by atoms with van der Waals surface area (Å²) in [5, 5.41) is 9.07. The molecule has 90 valence electrons. The fourth-order valence-corrected chi connectivity index (χ4v) is 5.20. The summed E-state index contributed by atoms with van der Waals surface area (Å²) in [6.45, 7) is 0.703. The summed E-state index contributed by atoms with van der Waals surface area (Å²) in [5.41, 5.74) is 6.19. The van der Waals surface area contributed by atoms with Crippen LogP contribution in [0.25, 0.3) is 0 Å². The molecule has 3 unspecified atom stereocenters. The lowest BCUT2D eigenvalue weighted by Gasteiger charge is -2.61. The first-order valence-corrected chi connectivity index (χ1v) is 6.55. The number of rotatable bonds is 3. The number of nitrogens with two attached hydrogens (primary N) is 1. The molecule has 16 heavy (non-hydrogen) atoms. The van der Waals surface area contributed by atoms with Gasteiger partial charge in [-0.15, -0.1) is 0 Å². The fourth-order valence-electron chi connectivity index (χ4n) is 5.20. The maximum Gasteiger partial charge on any atom is 0.303 e. The topological polar surface area (TPSA) is 63.3 Å². The van der Waals surface area contributed by atoms with E-state index in [1.807, 2.05) is 0 Å². The quantitative estimate of drug-likeness (QED) is 0.767. The van der Waals surface area contributed by atoms with Crippen molar-refractivity contribution in [2.45, 2.75) is 38.5 Å². The van der Waals surface area contributed by atoms with Gasteiger partial charge in [0.2, 0.25) is 0 Å². The van der Waals surface area contributed by atoms with Gasteiger partial charge in [-0.05, 0) is 67.7 Å². The average molecular weight is 223 g/mol. The zero-order valence-corrected chi connectivity index (χ0v) is 9.69. The van der Waals surface area contributed by atoms with Crippen LogP contribution in [0.15, 0.2) is 0 Å². The summed E-state index contributed by atoms with van der Waals surface area (Å²) in [7, 11) is 0. The number of carbonyl (C=O) groups is 1. The van der Waals surface area contributed by atoms with Crippen LogP contribution in [0, 0.1) is 29.1 Å². The summed E-state index contributed by atoms with van der Waals surface area (Å²) in [5.74, 6) is 2.09. The number of hydrogen-bond acceptors (Lipinski definition) is 2. The molecule has 0 aromatic rings. The molecule has 0 spiro atoms. The lowest BCUT2D eigenvalue weighted by molar-refractivity contribution is -0.149. The molecule has 0 saturated heterocycles. The van der Waals surface area contributed by atoms with Gasteiger partial charge in [0, 0.05) is 6.42 Å². The molecule has 3 nitrogen and oxygen atoms in total. The molecule has 4 saturated carbocycles. The lowest BCUT2D eigenvalue weighted by Crippen LogP contribution is -2.56. The van der Waals surface area contributed by atoms with Crippen molar-refractivity contribution in [3.05, 3.63) is 0 Å². The van der Waals surface area contributed by atoms with Crippen LogP contribution in [0.5, 0.6) is 0 Å². The Morgan fingerprint density at radius 1 is 1.25 bits per heavy atom. The van der Waals surface area contributed by atoms with Crippen LogP contribution < -0.4 is 5.73 Å². The normalized spacial score (nSPS) is 49.6. The minimum atomic E-state index is -0.634. The zero-order valence-electron chi connectivity index (χ0n) is 9.69. The predicted molar refractivity (Wildman–Crippen MR) is 60.8 cm³/mol. The van der Waals surface area contributed by atoms with E-state index in [1.54, 1.807) is 0 Å². The molecule has 4 bridgehead atoms. The van der Waals surface area contributed by atoms with Crippen LogP contribution >= 0.6 is 0 Å². The van der Waals surface area contributed by atoms with E-state index in [0.717, 1.165) is 11.8 Å². The van der Waals surface area contributed by atoms with E-state index in [1.165, 1.54) is 32.1 Å². The van der Waals surface area contributed by atoms with Crippen molar-refractivity contribution in [3.63, 3.8) is 0 Å². The molecule has 4 aliphatic rings. The van der Waals surface area contributed by atoms with Crippen molar-refractivity contribution in [2.75, 3.05) is 6.54 Å². The summed E-state index contributed by atoms with van der Waals surface area (Å²) >= 11 is 0. The largest absolute Gasteiger partial charge is 0.481 e. The Morgan fingerprint density at radius 2 is 1.88 bits per heavy atom. The smallest absolute Gasteiger partial charge is 0.303 e. The van der Waals surface area contributed by atoms with E-state index in [4.69, 9.17) is 10.8 Å². The Morgan fingerprint density at radius 3 is 2.38 bits per heavy atom. The molecule has 0 amide bonds. The predicted octanol–water partition coefficient (Wildman–Crippen LogP) is 1.86. The van der Waals surface area contributed by atoms with Crippen LogP contribution in [-0.4, -0.2) is 17.6 Å². The molecule has 3 heteroatoms. The van der Waals surface area contributed by atoms with Gasteiger partial charge in [0.25, 0.3) is 0 Å². The third-order valence-corrected chi connectivity index (χ3v) is 5.49.